The lowest BCUT2D eigenvalue weighted by Crippen LogP contribution is -2.48. The molecule has 0 aromatic carbocycles. The van der Waals surface area contributed by atoms with E-state index >= 15 is 0 Å². The van der Waals surface area contributed by atoms with Crippen molar-refractivity contribution in [2.24, 2.45) is 11.3 Å². The summed E-state index contributed by atoms with van der Waals surface area (Å²) < 4.78 is 0. The summed E-state index contributed by atoms with van der Waals surface area (Å²) in [5.74, 6) is 1.33. The van der Waals surface area contributed by atoms with Crippen LogP contribution >= 0.6 is 0 Å². The summed E-state index contributed by atoms with van der Waals surface area (Å²) in [6.07, 6.45) is 11.3. The Labute approximate surface area is 117 Å². The SMILES string of the molecule is CC(C)CC1(CN2C3CCC2CC(=O)C3)CCCC1. The van der Waals surface area contributed by atoms with Crippen LogP contribution in [0.2, 0.25) is 0 Å². The van der Waals surface area contributed by atoms with Gasteiger partial charge < -0.3 is 0 Å². The second kappa shape index (κ2) is 5.20. The molecule has 108 valence electrons. The average molecular weight is 263 g/mol. The van der Waals surface area contributed by atoms with Gasteiger partial charge in [-0.2, -0.15) is 0 Å². The molecule has 2 saturated heterocycles. The van der Waals surface area contributed by atoms with E-state index in [-0.39, 0.29) is 0 Å². The minimum atomic E-state index is 0.521. The third-order valence-electron chi connectivity index (χ3n) is 5.72. The van der Waals surface area contributed by atoms with Gasteiger partial charge in [0.15, 0.2) is 0 Å². The molecule has 2 aliphatic heterocycles. The maximum atomic E-state index is 11.7. The minimum Gasteiger partial charge on any atom is -0.300 e. The molecule has 2 unspecified atom stereocenters. The molecule has 3 rings (SSSR count). The van der Waals surface area contributed by atoms with Crippen LogP contribution in [0.25, 0.3) is 0 Å². The van der Waals surface area contributed by atoms with Crippen LogP contribution in [0.1, 0.15) is 71.6 Å². The van der Waals surface area contributed by atoms with Gasteiger partial charge in [-0.15, -0.1) is 0 Å². The second-order valence-electron chi connectivity index (χ2n) is 7.81. The minimum absolute atomic E-state index is 0.521. The van der Waals surface area contributed by atoms with Crippen molar-refractivity contribution in [3.05, 3.63) is 0 Å². The lowest BCUT2D eigenvalue weighted by atomic mass is 9.77. The summed E-state index contributed by atoms with van der Waals surface area (Å²) in [6.45, 7) is 6.02. The van der Waals surface area contributed by atoms with Gasteiger partial charge in [-0.1, -0.05) is 26.7 Å². The highest BCUT2D eigenvalue weighted by atomic mass is 16.1. The first-order valence-corrected chi connectivity index (χ1v) is 8.35. The number of hydrogen-bond acceptors (Lipinski definition) is 2. The fourth-order valence-electron chi connectivity index (χ4n) is 5.13. The van der Waals surface area contributed by atoms with Gasteiger partial charge in [-0.3, -0.25) is 9.69 Å². The Bertz CT molecular complexity index is 327. The maximum Gasteiger partial charge on any atom is 0.136 e. The predicted octanol–water partition coefficient (Wildman–Crippen LogP) is 3.79. The van der Waals surface area contributed by atoms with Crippen molar-refractivity contribution >= 4 is 5.78 Å². The van der Waals surface area contributed by atoms with Gasteiger partial charge in [0.25, 0.3) is 0 Å². The number of piperidine rings is 1. The second-order valence-corrected chi connectivity index (χ2v) is 7.81. The summed E-state index contributed by atoms with van der Waals surface area (Å²) in [7, 11) is 0. The summed E-state index contributed by atoms with van der Waals surface area (Å²) in [4.78, 5) is 14.5. The van der Waals surface area contributed by atoms with Crippen LogP contribution in [0.15, 0.2) is 0 Å². The Kier molecular flexibility index (Phi) is 3.72. The zero-order valence-corrected chi connectivity index (χ0v) is 12.7. The van der Waals surface area contributed by atoms with E-state index in [0.717, 1.165) is 18.8 Å². The van der Waals surface area contributed by atoms with Crippen LogP contribution in [-0.4, -0.2) is 29.3 Å². The van der Waals surface area contributed by atoms with E-state index in [1.165, 1.54) is 51.5 Å². The van der Waals surface area contributed by atoms with Crippen LogP contribution in [0.3, 0.4) is 0 Å². The molecule has 2 heterocycles. The van der Waals surface area contributed by atoms with Gasteiger partial charge in [-0.25, -0.2) is 0 Å². The topological polar surface area (TPSA) is 20.3 Å². The van der Waals surface area contributed by atoms with Crippen LogP contribution in [0, 0.1) is 11.3 Å². The fourth-order valence-corrected chi connectivity index (χ4v) is 5.13. The van der Waals surface area contributed by atoms with Crippen LogP contribution < -0.4 is 0 Å². The van der Waals surface area contributed by atoms with Crippen molar-refractivity contribution < 1.29 is 4.79 Å². The zero-order valence-electron chi connectivity index (χ0n) is 12.7. The quantitative estimate of drug-likeness (QED) is 0.769. The molecule has 0 spiro atoms. The Morgan fingerprint density at radius 1 is 1.16 bits per heavy atom. The third kappa shape index (κ3) is 2.74. The number of fused-ring (bicyclic) bond motifs is 2. The zero-order chi connectivity index (χ0) is 13.5. The molecule has 0 aromatic rings. The van der Waals surface area contributed by atoms with Gasteiger partial charge in [0.2, 0.25) is 0 Å². The summed E-state index contributed by atoms with van der Waals surface area (Å²) in [6, 6.07) is 1.19. The number of Topliss-reactive ketones (excluding diaryl/α,β-unsaturated/α-hetero) is 1. The maximum absolute atomic E-state index is 11.7. The Balaban J connectivity index is 1.71. The molecule has 2 bridgehead atoms. The molecule has 0 radical (unpaired) electrons. The first-order chi connectivity index (χ1) is 9.08. The van der Waals surface area contributed by atoms with E-state index in [9.17, 15) is 4.79 Å². The Morgan fingerprint density at radius 2 is 1.74 bits per heavy atom. The lowest BCUT2D eigenvalue weighted by Gasteiger charge is -2.42. The van der Waals surface area contributed by atoms with Gasteiger partial charge in [-0.05, 0) is 43.4 Å². The Morgan fingerprint density at radius 3 is 2.26 bits per heavy atom. The normalized spacial score (nSPS) is 34.4. The molecule has 2 nitrogen and oxygen atoms in total. The molecule has 1 saturated carbocycles. The highest BCUT2D eigenvalue weighted by Crippen LogP contribution is 2.46. The van der Waals surface area contributed by atoms with Crippen molar-refractivity contribution in [3.8, 4) is 0 Å². The molecule has 0 amide bonds. The fraction of sp³-hybridized carbons (Fsp3) is 0.941. The molecular formula is C17H29NO. The third-order valence-corrected chi connectivity index (χ3v) is 5.72. The van der Waals surface area contributed by atoms with Crippen LogP contribution in [0.4, 0.5) is 0 Å². The van der Waals surface area contributed by atoms with Gasteiger partial charge in [0.1, 0.15) is 5.78 Å². The number of ketones is 1. The summed E-state index contributed by atoms with van der Waals surface area (Å²) >= 11 is 0. The highest BCUT2D eigenvalue weighted by Gasteiger charge is 2.45. The summed E-state index contributed by atoms with van der Waals surface area (Å²) in [5, 5.41) is 0. The number of nitrogens with zero attached hydrogens (tertiary/aromatic N) is 1. The van der Waals surface area contributed by atoms with E-state index < -0.39 is 0 Å². The van der Waals surface area contributed by atoms with Crippen molar-refractivity contribution in [1.82, 2.24) is 4.90 Å². The smallest absolute Gasteiger partial charge is 0.136 e. The first kappa shape index (κ1) is 13.6. The lowest BCUT2D eigenvalue weighted by molar-refractivity contribution is -0.124. The largest absolute Gasteiger partial charge is 0.300 e. The van der Waals surface area contributed by atoms with E-state index in [1.807, 2.05) is 0 Å². The number of rotatable bonds is 4. The molecule has 3 fully saturated rings. The van der Waals surface area contributed by atoms with Crippen molar-refractivity contribution in [1.29, 1.82) is 0 Å². The molecule has 0 N–H and O–H groups in total. The van der Waals surface area contributed by atoms with Crippen molar-refractivity contribution in [2.75, 3.05) is 6.54 Å². The van der Waals surface area contributed by atoms with E-state index in [0.29, 0.717) is 23.3 Å². The van der Waals surface area contributed by atoms with E-state index in [4.69, 9.17) is 0 Å². The molecule has 2 atom stereocenters. The molecule has 1 aliphatic carbocycles. The molecule has 19 heavy (non-hydrogen) atoms. The van der Waals surface area contributed by atoms with E-state index in [1.54, 1.807) is 0 Å². The standard InChI is InChI=1S/C17H29NO/c1-13(2)11-17(7-3-4-8-17)12-18-14-5-6-15(18)10-16(19)9-14/h13-15H,3-12H2,1-2H3. The average Bonchev–Trinajstić information content (AvgIpc) is 2.84. The van der Waals surface area contributed by atoms with Gasteiger partial charge >= 0.3 is 0 Å². The predicted molar refractivity (Wildman–Crippen MR) is 78.1 cm³/mol. The van der Waals surface area contributed by atoms with Gasteiger partial charge in [0.05, 0.1) is 0 Å². The van der Waals surface area contributed by atoms with Crippen molar-refractivity contribution in [3.63, 3.8) is 0 Å². The summed E-state index contributed by atoms with van der Waals surface area (Å²) in [5.41, 5.74) is 0.579. The molecule has 3 aliphatic rings. The molecule has 2 heteroatoms. The van der Waals surface area contributed by atoms with E-state index in [2.05, 4.69) is 18.7 Å². The highest BCUT2D eigenvalue weighted by molar-refractivity contribution is 5.80. The van der Waals surface area contributed by atoms with Crippen molar-refractivity contribution in [2.45, 2.75) is 83.7 Å². The monoisotopic (exact) mass is 263 g/mol. The molecule has 0 aromatic heterocycles. The number of carbonyl (C=O) groups excluding carboxylic acids is 1. The number of hydrogen-bond donors (Lipinski definition) is 0. The van der Waals surface area contributed by atoms with Gasteiger partial charge in [0, 0.05) is 31.5 Å². The Hall–Kier alpha value is -0.370. The molecular weight excluding hydrogens is 234 g/mol. The van der Waals surface area contributed by atoms with Crippen LogP contribution in [-0.2, 0) is 4.79 Å². The first-order valence-electron chi connectivity index (χ1n) is 8.35. The van der Waals surface area contributed by atoms with Crippen LogP contribution in [0.5, 0.6) is 0 Å². The number of carbonyl (C=O) groups is 1.